The summed E-state index contributed by atoms with van der Waals surface area (Å²) in [5.74, 6) is 0.794. The van der Waals surface area contributed by atoms with Crippen molar-refractivity contribution in [1.29, 1.82) is 0 Å². The van der Waals surface area contributed by atoms with E-state index in [1.54, 1.807) is 17.2 Å². The van der Waals surface area contributed by atoms with Gasteiger partial charge in [0.1, 0.15) is 18.1 Å². The number of hydrogen-bond donors (Lipinski definition) is 0. The molecule has 0 radical (unpaired) electrons. The summed E-state index contributed by atoms with van der Waals surface area (Å²) in [5, 5.41) is 0. The number of hydrogen-bond acceptors (Lipinski definition) is 5. The Hall–Kier alpha value is -2.60. The van der Waals surface area contributed by atoms with Gasteiger partial charge in [0.25, 0.3) is 5.91 Å². The summed E-state index contributed by atoms with van der Waals surface area (Å²) in [4.78, 5) is 21.0. The van der Waals surface area contributed by atoms with Crippen LogP contribution in [-0.2, 0) is 11.3 Å². The summed E-state index contributed by atoms with van der Waals surface area (Å²) >= 11 is 0. The number of pyridine rings is 1. The van der Waals surface area contributed by atoms with Crippen molar-refractivity contribution >= 4 is 11.6 Å². The third-order valence-electron chi connectivity index (χ3n) is 4.57. The van der Waals surface area contributed by atoms with Crippen molar-refractivity contribution in [1.82, 2.24) is 9.88 Å². The van der Waals surface area contributed by atoms with Gasteiger partial charge in [0.15, 0.2) is 0 Å². The van der Waals surface area contributed by atoms with E-state index in [1.807, 2.05) is 18.2 Å². The fourth-order valence-corrected chi connectivity index (χ4v) is 3.22. The van der Waals surface area contributed by atoms with Crippen LogP contribution >= 0.6 is 0 Å². The highest BCUT2D eigenvalue weighted by molar-refractivity contribution is 5.92. The summed E-state index contributed by atoms with van der Waals surface area (Å²) in [5.41, 5.74) is 2.65. The summed E-state index contributed by atoms with van der Waals surface area (Å²) < 4.78 is 11.3. The molecule has 1 saturated heterocycles. The predicted molar refractivity (Wildman–Crippen MR) is 93.9 cm³/mol. The monoisotopic (exact) mass is 339 g/mol. The van der Waals surface area contributed by atoms with E-state index in [9.17, 15) is 4.79 Å². The average Bonchev–Trinajstić information content (AvgIpc) is 2.90. The van der Waals surface area contributed by atoms with Crippen molar-refractivity contribution in [3.8, 4) is 5.75 Å². The highest BCUT2D eigenvalue weighted by Crippen LogP contribution is 2.29. The molecule has 6 nitrogen and oxygen atoms in total. The van der Waals surface area contributed by atoms with Crippen LogP contribution < -0.4 is 9.64 Å². The van der Waals surface area contributed by atoms with Crippen LogP contribution in [0.1, 0.15) is 16.1 Å². The smallest absolute Gasteiger partial charge is 0.272 e. The molecular weight excluding hydrogens is 318 g/mol. The van der Waals surface area contributed by atoms with Gasteiger partial charge in [-0.25, -0.2) is 0 Å². The second-order valence-electron chi connectivity index (χ2n) is 6.18. The number of carbonyl (C=O) groups is 1. The van der Waals surface area contributed by atoms with Crippen LogP contribution in [0.3, 0.4) is 0 Å². The SMILES string of the molecule is O=C(c1ccccn1)N1CCOc2ccc(N3CCOCC3)cc2C1. The second kappa shape index (κ2) is 7.11. The first-order valence-corrected chi connectivity index (χ1v) is 8.60. The van der Waals surface area contributed by atoms with Crippen LogP contribution in [0.4, 0.5) is 5.69 Å². The number of carbonyl (C=O) groups excluding carboxylic acids is 1. The Bertz CT molecular complexity index is 745. The van der Waals surface area contributed by atoms with Crippen LogP contribution in [0.25, 0.3) is 0 Å². The van der Waals surface area contributed by atoms with Crippen LogP contribution in [0.15, 0.2) is 42.6 Å². The van der Waals surface area contributed by atoms with Gasteiger partial charge < -0.3 is 19.3 Å². The van der Waals surface area contributed by atoms with E-state index < -0.39 is 0 Å². The molecule has 2 aliphatic rings. The molecule has 4 rings (SSSR count). The molecule has 2 aromatic rings. The Morgan fingerprint density at radius 2 is 1.92 bits per heavy atom. The first kappa shape index (κ1) is 15.9. The van der Waals surface area contributed by atoms with Gasteiger partial charge in [-0.05, 0) is 30.3 Å². The molecule has 0 aliphatic carbocycles. The van der Waals surface area contributed by atoms with Crippen molar-refractivity contribution in [3.63, 3.8) is 0 Å². The third kappa shape index (κ3) is 3.44. The molecule has 0 atom stereocenters. The number of aromatic nitrogens is 1. The molecule has 3 heterocycles. The summed E-state index contributed by atoms with van der Waals surface area (Å²) in [7, 11) is 0. The van der Waals surface area contributed by atoms with E-state index in [-0.39, 0.29) is 5.91 Å². The molecule has 1 aromatic carbocycles. The lowest BCUT2D eigenvalue weighted by Gasteiger charge is -2.29. The van der Waals surface area contributed by atoms with Crippen molar-refractivity contribution in [2.45, 2.75) is 6.54 Å². The molecule has 130 valence electrons. The van der Waals surface area contributed by atoms with Gasteiger partial charge >= 0.3 is 0 Å². The largest absolute Gasteiger partial charge is 0.491 e. The van der Waals surface area contributed by atoms with Crippen molar-refractivity contribution in [2.24, 2.45) is 0 Å². The average molecular weight is 339 g/mol. The molecule has 1 amide bonds. The highest BCUT2D eigenvalue weighted by Gasteiger charge is 2.23. The Kier molecular flexibility index (Phi) is 4.52. The van der Waals surface area contributed by atoms with Crippen molar-refractivity contribution in [3.05, 3.63) is 53.9 Å². The fraction of sp³-hybridized carbons (Fsp3) is 0.368. The minimum atomic E-state index is -0.0613. The number of morpholine rings is 1. The zero-order chi connectivity index (χ0) is 17.1. The maximum atomic E-state index is 12.7. The number of rotatable bonds is 2. The molecule has 0 saturated carbocycles. The lowest BCUT2D eigenvalue weighted by Crippen LogP contribution is -2.36. The minimum absolute atomic E-state index is 0.0613. The molecular formula is C19H21N3O3. The Morgan fingerprint density at radius 1 is 1.04 bits per heavy atom. The number of benzene rings is 1. The summed E-state index contributed by atoms with van der Waals surface area (Å²) in [6, 6.07) is 11.6. The zero-order valence-corrected chi connectivity index (χ0v) is 14.1. The standard InChI is InChI=1S/C19H21N3O3/c23-19(17-3-1-2-6-20-17)22-9-12-25-18-5-4-16(13-15(18)14-22)21-7-10-24-11-8-21/h1-6,13H,7-12,14H2. The van der Waals surface area contributed by atoms with Gasteiger partial charge in [-0.15, -0.1) is 0 Å². The highest BCUT2D eigenvalue weighted by atomic mass is 16.5. The molecule has 6 heteroatoms. The van der Waals surface area contributed by atoms with Crippen LogP contribution in [0.2, 0.25) is 0 Å². The Balaban J connectivity index is 1.57. The van der Waals surface area contributed by atoms with Crippen LogP contribution in [0, 0.1) is 0 Å². The number of amides is 1. The maximum Gasteiger partial charge on any atom is 0.272 e. The number of anilines is 1. The third-order valence-corrected chi connectivity index (χ3v) is 4.57. The molecule has 2 aliphatic heterocycles. The van der Waals surface area contributed by atoms with Crippen molar-refractivity contribution < 1.29 is 14.3 Å². The van der Waals surface area contributed by atoms with E-state index in [0.29, 0.717) is 25.4 Å². The first-order valence-electron chi connectivity index (χ1n) is 8.60. The molecule has 0 unspecified atom stereocenters. The summed E-state index contributed by atoms with van der Waals surface area (Å²) in [6.07, 6.45) is 1.64. The van der Waals surface area contributed by atoms with E-state index in [1.165, 1.54) is 0 Å². The lowest BCUT2D eigenvalue weighted by atomic mass is 10.1. The van der Waals surface area contributed by atoms with E-state index >= 15 is 0 Å². The molecule has 1 aromatic heterocycles. The van der Waals surface area contributed by atoms with E-state index in [2.05, 4.69) is 22.0 Å². The van der Waals surface area contributed by atoms with Crippen LogP contribution in [0.5, 0.6) is 5.75 Å². The molecule has 25 heavy (non-hydrogen) atoms. The van der Waals surface area contributed by atoms with Gasteiger partial charge in [0.2, 0.25) is 0 Å². The van der Waals surface area contributed by atoms with Gasteiger partial charge in [0, 0.05) is 37.1 Å². The van der Waals surface area contributed by atoms with E-state index in [0.717, 1.165) is 43.3 Å². The van der Waals surface area contributed by atoms with Gasteiger partial charge in [-0.1, -0.05) is 6.07 Å². The van der Waals surface area contributed by atoms with Gasteiger partial charge in [-0.2, -0.15) is 0 Å². The van der Waals surface area contributed by atoms with E-state index in [4.69, 9.17) is 9.47 Å². The lowest BCUT2D eigenvalue weighted by molar-refractivity contribution is 0.0727. The quantitative estimate of drug-likeness (QED) is 0.837. The Labute approximate surface area is 147 Å². The number of nitrogens with zero attached hydrogens (tertiary/aromatic N) is 3. The fourth-order valence-electron chi connectivity index (χ4n) is 3.22. The number of ether oxygens (including phenoxy) is 2. The van der Waals surface area contributed by atoms with Gasteiger partial charge in [-0.3, -0.25) is 9.78 Å². The topological polar surface area (TPSA) is 54.9 Å². The molecule has 0 bridgehead atoms. The Morgan fingerprint density at radius 3 is 2.72 bits per heavy atom. The zero-order valence-electron chi connectivity index (χ0n) is 14.1. The molecule has 0 spiro atoms. The van der Waals surface area contributed by atoms with Gasteiger partial charge in [0.05, 0.1) is 19.8 Å². The normalized spacial score (nSPS) is 17.4. The maximum absolute atomic E-state index is 12.7. The summed E-state index contributed by atoms with van der Waals surface area (Å²) in [6.45, 7) is 4.84. The molecule has 1 fully saturated rings. The number of fused-ring (bicyclic) bond motifs is 1. The second-order valence-corrected chi connectivity index (χ2v) is 6.18. The minimum Gasteiger partial charge on any atom is -0.491 e. The predicted octanol–water partition coefficient (Wildman–Crippen LogP) is 1.95. The van der Waals surface area contributed by atoms with Crippen LogP contribution in [-0.4, -0.2) is 55.2 Å². The first-order chi connectivity index (χ1) is 12.3. The van der Waals surface area contributed by atoms with Crippen molar-refractivity contribution in [2.75, 3.05) is 44.4 Å². The molecule has 0 N–H and O–H groups in total.